The van der Waals surface area contributed by atoms with Crippen LogP contribution in [0, 0.1) is 0 Å². The monoisotopic (exact) mass is 316 g/mol. The average Bonchev–Trinajstić information content (AvgIpc) is 2.46. The number of rotatable bonds is 5. The SMILES string of the molecule is O=C(CC1CCCCN1)NCc1ccc(OC(F)(F)F)cc1. The molecule has 0 spiro atoms. The summed E-state index contributed by atoms with van der Waals surface area (Å²) in [4.78, 5) is 11.8. The van der Waals surface area contributed by atoms with Crippen LogP contribution in [0.15, 0.2) is 24.3 Å². The first kappa shape index (κ1) is 16.6. The highest BCUT2D eigenvalue weighted by molar-refractivity contribution is 5.76. The number of halogens is 3. The average molecular weight is 316 g/mol. The molecule has 1 saturated heterocycles. The maximum atomic E-state index is 12.0. The summed E-state index contributed by atoms with van der Waals surface area (Å²) in [7, 11) is 0. The van der Waals surface area contributed by atoms with Crippen molar-refractivity contribution in [2.75, 3.05) is 6.54 Å². The molecule has 0 bridgehead atoms. The lowest BCUT2D eigenvalue weighted by Crippen LogP contribution is -2.38. The number of hydrogen-bond donors (Lipinski definition) is 2. The van der Waals surface area contributed by atoms with Crippen LogP contribution in [0.2, 0.25) is 0 Å². The highest BCUT2D eigenvalue weighted by Crippen LogP contribution is 2.22. The normalized spacial score (nSPS) is 18.8. The van der Waals surface area contributed by atoms with Crippen LogP contribution >= 0.6 is 0 Å². The van der Waals surface area contributed by atoms with Gasteiger partial charge in [-0.1, -0.05) is 18.6 Å². The fourth-order valence-corrected chi connectivity index (χ4v) is 2.40. The predicted octanol–water partition coefficient (Wildman–Crippen LogP) is 2.73. The molecular formula is C15H19F3N2O2. The number of carbonyl (C=O) groups excluding carboxylic acids is 1. The second-order valence-electron chi connectivity index (χ2n) is 5.32. The summed E-state index contributed by atoms with van der Waals surface area (Å²) in [5.74, 6) is -0.330. The summed E-state index contributed by atoms with van der Waals surface area (Å²) in [6.07, 6.45) is -0.995. The lowest BCUT2D eigenvalue weighted by atomic mass is 10.0. The van der Waals surface area contributed by atoms with E-state index in [-0.39, 0.29) is 24.2 Å². The van der Waals surface area contributed by atoms with Crippen LogP contribution in [-0.2, 0) is 11.3 Å². The van der Waals surface area contributed by atoms with Crippen LogP contribution in [-0.4, -0.2) is 24.9 Å². The van der Waals surface area contributed by atoms with Crippen LogP contribution in [0.25, 0.3) is 0 Å². The van der Waals surface area contributed by atoms with Gasteiger partial charge in [0.25, 0.3) is 0 Å². The first-order valence-corrected chi connectivity index (χ1v) is 7.27. The molecule has 1 aliphatic rings. The van der Waals surface area contributed by atoms with Crippen molar-refractivity contribution in [3.63, 3.8) is 0 Å². The molecule has 7 heteroatoms. The third kappa shape index (κ3) is 5.93. The Kier molecular flexibility index (Phi) is 5.65. The second-order valence-corrected chi connectivity index (χ2v) is 5.32. The Bertz CT molecular complexity index is 483. The number of carbonyl (C=O) groups is 1. The predicted molar refractivity (Wildman–Crippen MR) is 75.2 cm³/mol. The molecule has 1 aromatic rings. The van der Waals surface area contributed by atoms with Gasteiger partial charge < -0.3 is 15.4 Å². The molecule has 1 heterocycles. The third-order valence-corrected chi connectivity index (χ3v) is 3.49. The zero-order valence-corrected chi connectivity index (χ0v) is 12.1. The van der Waals surface area contributed by atoms with Crippen LogP contribution in [0.5, 0.6) is 5.75 Å². The Labute approximate surface area is 127 Å². The Morgan fingerprint density at radius 3 is 2.59 bits per heavy atom. The molecule has 0 aliphatic carbocycles. The molecule has 1 amide bonds. The molecule has 22 heavy (non-hydrogen) atoms. The van der Waals surface area contributed by atoms with Gasteiger partial charge in [0.05, 0.1) is 0 Å². The van der Waals surface area contributed by atoms with Gasteiger partial charge in [0.1, 0.15) is 5.75 Å². The van der Waals surface area contributed by atoms with Gasteiger partial charge in [-0.15, -0.1) is 13.2 Å². The molecule has 1 atom stereocenters. The van der Waals surface area contributed by atoms with E-state index in [1.54, 1.807) is 0 Å². The molecule has 1 fully saturated rings. The van der Waals surface area contributed by atoms with Gasteiger partial charge in [-0.05, 0) is 37.1 Å². The van der Waals surface area contributed by atoms with E-state index in [1.807, 2.05) is 0 Å². The summed E-state index contributed by atoms with van der Waals surface area (Å²) in [5, 5.41) is 6.07. The minimum atomic E-state index is -4.69. The fourth-order valence-electron chi connectivity index (χ4n) is 2.40. The maximum Gasteiger partial charge on any atom is 0.573 e. The zero-order chi connectivity index (χ0) is 16.0. The molecule has 1 aliphatic heterocycles. The van der Waals surface area contributed by atoms with Gasteiger partial charge in [-0.2, -0.15) is 0 Å². The number of ether oxygens (including phenoxy) is 1. The summed E-state index contributed by atoms with van der Waals surface area (Å²) < 4.78 is 39.9. The summed E-state index contributed by atoms with van der Waals surface area (Å²) >= 11 is 0. The van der Waals surface area contributed by atoms with Crippen LogP contribution in [0.4, 0.5) is 13.2 Å². The van der Waals surface area contributed by atoms with Crippen molar-refractivity contribution in [3.05, 3.63) is 29.8 Å². The molecule has 2 rings (SSSR count). The van der Waals surface area contributed by atoms with Crippen molar-refractivity contribution in [3.8, 4) is 5.75 Å². The molecular weight excluding hydrogens is 297 g/mol. The lowest BCUT2D eigenvalue weighted by molar-refractivity contribution is -0.274. The first-order chi connectivity index (χ1) is 10.4. The quantitative estimate of drug-likeness (QED) is 0.878. The van der Waals surface area contributed by atoms with E-state index in [0.717, 1.165) is 31.4 Å². The summed E-state index contributed by atoms with van der Waals surface area (Å²) in [6, 6.07) is 5.69. The van der Waals surface area contributed by atoms with Crippen molar-refractivity contribution < 1.29 is 22.7 Å². The van der Waals surface area contributed by atoms with Gasteiger partial charge >= 0.3 is 6.36 Å². The van der Waals surface area contributed by atoms with E-state index >= 15 is 0 Å². The number of nitrogens with one attached hydrogen (secondary N) is 2. The van der Waals surface area contributed by atoms with E-state index in [2.05, 4.69) is 15.4 Å². The zero-order valence-electron chi connectivity index (χ0n) is 12.1. The number of amides is 1. The van der Waals surface area contributed by atoms with Crippen molar-refractivity contribution in [2.24, 2.45) is 0 Å². The van der Waals surface area contributed by atoms with Crippen molar-refractivity contribution in [1.29, 1.82) is 0 Å². The number of alkyl halides is 3. The molecule has 122 valence electrons. The molecule has 0 saturated carbocycles. The molecule has 0 aromatic heterocycles. The summed E-state index contributed by atoms with van der Waals surface area (Å²) in [5.41, 5.74) is 0.722. The van der Waals surface area contributed by atoms with Gasteiger partial charge in [0, 0.05) is 19.0 Å². The first-order valence-electron chi connectivity index (χ1n) is 7.27. The molecule has 1 unspecified atom stereocenters. The third-order valence-electron chi connectivity index (χ3n) is 3.49. The highest BCUT2D eigenvalue weighted by atomic mass is 19.4. The van der Waals surface area contributed by atoms with E-state index in [1.165, 1.54) is 24.3 Å². The molecule has 4 nitrogen and oxygen atoms in total. The Hall–Kier alpha value is -1.76. The topological polar surface area (TPSA) is 50.4 Å². The van der Waals surface area contributed by atoms with Gasteiger partial charge in [-0.25, -0.2) is 0 Å². The van der Waals surface area contributed by atoms with Gasteiger partial charge in [0.2, 0.25) is 5.91 Å². The fraction of sp³-hybridized carbons (Fsp3) is 0.533. The number of benzene rings is 1. The minimum Gasteiger partial charge on any atom is -0.406 e. The second kappa shape index (κ2) is 7.49. The van der Waals surface area contributed by atoms with E-state index in [0.29, 0.717) is 6.42 Å². The Morgan fingerprint density at radius 1 is 1.27 bits per heavy atom. The smallest absolute Gasteiger partial charge is 0.406 e. The van der Waals surface area contributed by atoms with Gasteiger partial charge in [-0.3, -0.25) is 4.79 Å². The van der Waals surface area contributed by atoms with Crippen molar-refractivity contribution in [2.45, 2.75) is 44.6 Å². The van der Waals surface area contributed by atoms with E-state index in [4.69, 9.17) is 0 Å². The number of piperidine rings is 1. The van der Waals surface area contributed by atoms with Crippen LogP contribution < -0.4 is 15.4 Å². The Balaban J connectivity index is 1.75. The molecule has 1 aromatic carbocycles. The standard InChI is InChI=1S/C15H19F3N2O2/c16-15(17,18)22-13-6-4-11(5-7-13)10-20-14(21)9-12-3-1-2-8-19-12/h4-7,12,19H,1-3,8-10H2,(H,20,21). The van der Waals surface area contributed by atoms with Gasteiger partial charge in [0.15, 0.2) is 0 Å². The number of hydrogen-bond acceptors (Lipinski definition) is 3. The Morgan fingerprint density at radius 2 is 2.00 bits per heavy atom. The maximum absolute atomic E-state index is 12.0. The highest BCUT2D eigenvalue weighted by Gasteiger charge is 2.30. The van der Waals surface area contributed by atoms with E-state index in [9.17, 15) is 18.0 Å². The molecule has 2 N–H and O–H groups in total. The minimum absolute atomic E-state index is 0.0602. The van der Waals surface area contributed by atoms with Crippen LogP contribution in [0.1, 0.15) is 31.2 Å². The van der Waals surface area contributed by atoms with Crippen LogP contribution in [0.3, 0.4) is 0 Å². The van der Waals surface area contributed by atoms with Crippen molar-refractivity contribution in [1.82, 2.24) is 10.6 Å². The summed E-state index contributed by atoms with van der Waals surface area (Å²) in [6.45, 7) is 1.23. The van der Waals surface area contributed by atoms with Crippen molar-refractivity contribution >= 4 is 5.91 Å². The largest absolute Gasteiger partial charge is 0.573 e. The molecule has 0 radical (unpaired) electrons. The van der Waals surface area contributed by atoms with E-state index < -0.39 is 6.36 Å². The lowest BCUT2D eigenvalue weighted by Gasteiger charge is -2.22.